The highest BCUT2D eigenvalue weighted by Crippen LogP contribution is 1.92. The molecule has 0 saturated carbocycles. The van der Waals surface area contributed by atoms with Crippen molar-refractivity contribution in [3.8, 4) is 0 Å². The van der Waals surface area contributed by atoms with E-state index in [1.807, 2.05) is 0 Å². The Kier molecular flexibility index (Phi) is 2.33. The lowest BCUT2D eigenvalue weighted by Gasteiger charge is -1.73. The van der Waals surface area contributed by atoms with Crippen molar-refractivity contribution < 1.29 is 4.79 Å². The Bertz CT molecular complexity index is 44.9. The number of nitrogens with two attached hydrogens (primary N) is 1. The van der Waals surface area contributed by atoms with Crippen LogP contribution in [0.25, 0.3) is 0 Å². The molecule has 5 heavy (non-hydrogen) atoms. The molecule has 0 bridgehead atoms. The van der Waals surface area contributed by atoms with E-state index in [1.54, 1.807) is 0 Å². The normalized spacial score (nSPS) is 10.0. The summed E-state index contributed by atoms with van der Waals surface area (Å²) in [6.45, 7) is 1.47. The van der Waals surface area contributed by atoms with Crippen molar-refractivity contribution in [3.05, 3.63) is 0 Å². The van der Waals surface area contributed by atoms with E-state index in [1.165, 1.54) is 6.92 Å². The summed E-state index contributed by atoms with van der Waals surface area (Å²) in [7, 11) is -0.0247. The number of carbonyl (C=O) groups is 1. The molecule has 0 aromatic carbocycles. The Morgan fingerprint density at radius 2 is 2.20 bits per heavy atom. The summed E-state index contributed by atoms with van der Waals surface area (Å²) < 4.78 is 0. The SMILES string of the molecule is CC(=O)PN. The van der Waals surface area contributed by atoms with E-state index in [4.69, 9.17) is 5.50 Å². The molecule has 0 aliphatic heterocycles. The maximum atomic E-state index is 9.70. The van der Waals surface area contributed by atoms with Gasteiger partial charge in [-0.3, -0.25) is 4.79 Å². The molecule has 0 aromatic heterocycles. The minimum atomic E-state index is -0.0247. The summed E-state index contributed by atoms with van der Waals surface area (Å²) in [6.07, 6.45) is 0. The molecule has 0 aliphatic rings. The summed E-state index contributed by atoms with van der Waals surface area (Å²) in [5.41, 5.74) is 4.91. The first-order chi connectivity index (χ1) is 2.27. The van der Waals surface area contributed by atoms with E-state index >= 15 is 0 Å². The van der Waals surface area contributed by atoms with Gasteiger partial charge in [0, 0.05) is 8.73 Å². The highest BCUT2D eigenvalue weighted by molar-refractivity contribution is 7.55. The van der Waals surface area contributed by atoms with Gasteiger partial charge in [-0.25, -0.2) is 0 Å². The lowest BCUT2D eigenvalue weighted by Crippen LogP contribution is -1.81. The average Bonchev–Trinajstić information content (AvgIpc) is 1.38. The fourth-order valence-electron chi connectivity index (χ4n) is 0. The highest BCUT2D eigenvalue weighted by atomic mass is 31.1. The summed E-state index contributed by atoms with van der Waals surface area (Å²) >= 11 is 0. The van der Waals surface area contributed by atoms with Gasteiger partial charge in [0.25, 0.3) is 0 Å². The molecular formula is C2H6NOP. The van der Waals surface area contributed by atoms with Crippen LogP contribution in [0, 0.1) is 0 Å². The summed E-state index contributed by atoms with van der Waals surface area (Å²) in [5.74, 6) is 0. The molecule has 1 unspecified atom stereocenters. The summed E-state index contributed by atoms with van der Waals surface area (Å²) in [4.78, 5) is 9.70. The van der Waals surface area contributed by atoms with E-state index in [0.29, 0.717) is 0 Å². The molecule has 0 rings (SSSR count). The molecule has 0 aromatic rings. The van der Waals surface area contributed by atoms with Gasteiger partial charge < -0.3 is 5.50 Å². The molecule has 1 atom stereocenters. The smallest absolute Gasteiger partial charge is 0.162 e. The molecule has 0 aliphatic carbocycles. The van der Waals surface area contributed by atoms with Crippen molar-refractivity contribution in [1.29, 1.82) is 0 Å². The van der Waals surface area contributed by atoms with Crippen molar-refractivity contribution in [2.75, 3.05) is 0 Å². The molecule has 0 fully saturated rings. The highest BCUT2D eigenvalue weighted by Gasteiger charge is 1.76. The first-order valence-electron chi connectivity index (χ1n) is 1.24. The Morgan fingerprint density at radius 1 is 2.00 bits per heavy atom. The first-order valence-corrected chi connectivity index (χ1v) is 2.32. The third-order valence-corrected chi connectivity index (χ3v) is 0.610. The van der Waals surface area contributed by atoms with Crippen LogP contribution in [0.4, 0.5) is 0 Å². The number of hydrogen-bond donors (Lipinski definition) is 1. The molecule has 0 amide bonds. The number of carbonyl (C=O) groups excluding carboxylic acids is 1. The first kappa shape index (κ1) is 5.06. The molecular weight excluding hydrogens is 85.0 g/mol. The number of hydrogen-bond acceptors (Lipinski definition) is 2. The van der Waals surface area contributed by atoms with E-state index in [-0.39, 0.29) is 14.3 Å². The van der Waals surface area contributed by atoms with E-state index in [9.17, 15) is 4.79 Å². The molecule has 2 nitrogen and oxygen atoms in total. The fourth-order valence-corrected chi connectivity index (χ4v) is 0. The molecule has 30 valence electrons. The van der Waals surface area contributed by atoms with Crippen molar-refractivity contribution >= 4 is 14.3 Å². The summed E-state index contributed by atoms with van der Waals surface area (Å²) in [6, 6.07) is 0. The predicted octanol–water partition coefficient (Wildman–Crippen LogP) is 0.0851. The Hall–Kier alpha value is 0.0600. The molecule has 0 spiro atoms. The second-order valence-electron chi connectivity index (χ2n) is 0.701. The van der Waals surface area contributed by atoms with E-state index in [0.717, 1.165) is 0 Å². The van der Waals surface area contributed by atoms with Gasteiger partial charge in [0.2, 0.25) is 0 Å². The third kappa shape index (κ3) is 4.06. The second kappa shape index (κ2) is 2.31. The average molecular weight is 91.1 g/mol. The van der Waals surface area contributed by atoms with Gasteiger partial charge in [-0.2, -0.15) is 0 Å². The van der Waals surface area contributed by atoms with Gasteiger partial charge in [0.1, 0.15) is 0 Å². The molecule has 3 heteroatoms. The van der Waals surface area contributed by atoms with Crippen LogP contribution in [-0.4, -0.2) is 5.52 Å². The maximum absolute atomic E-state index is 9.70. The van der Waals surface area contributed by atoms with Crippen molar-refractivity contribution in [3.63, 3.8) is 0 Å². The topological polar surface area (TPSA) is 43.1 Å². The van der Waals surface area contributed by atoms with E-state index < -0.39 is 0 Å². The largest absolute Gasteiger partial charge is 0.306 e. The van der Waals surface area contributed by atoms with Crippen molar-refractivity contribution in [1.82, 2.24) is 0 Å². The quantitative estimate of drug-likeness (QED) is 0.464. The maximum Gasteiger partial charge on any atom is 0.162 e. The lowest BCUT2D eigenvalue weighted by atomic mass is 10.9. The van der Waals surface area contributed by atoms with Gasteiger partial charge in [-0.05, 0) is 6.92 Å². The molecule has 0 radical (unpaired) electrons. The monoisotopic (exact) mass is 91.0 g/mol. The van der Waals surface area contributed by atoms with Gasteiger partial charge >= 0.3 is 0 Å². The standard InChI is InChI=1S/C2H6NOP/c1-2(4)5-3/h5H,3H2,1H3. The molecule has 0 heterocycles. The third-order valence-electron chi connectivity index (χ3n) is 0.203. The van der Waals surface area contributed by atoms with Crippen molar-refractivity contribution in [2.24, 2.45) is 5.50 Å². The van der Waals surface area contributed by atoms with Crippen LogP contribution in [0.2, 0.25) is 0 Å². The van der Waals surface area contributed by atoms with Crippen LogP contribution >= 0.6 is 8.73 Å². The Labute approximate surface area is 32.6 Å². The Morgan fingerprint density at radius 3 is 2.20 bits per heavy atom. The molecule has 0 saturated heterocycles. The van der Waals surface area contributed by atoms with Crippen molar-refractivity contribution in [2.45, 2.75) is 6.92 Å². The van der Waals surface area contributed by atoms with Gasteiger partial charge in [-0.1, -0.05) is 0 Å². The number of rotatable bonds is 1. The minimum Gasteiger partial charge on any atom is -0.306 e. The fraction of sp³-hybridized carbons (Fsp3) is 0.500. The zero-order valence-corrected chi connectivity index (χ0v) is 3.99. The van der Waals surface area contributed by atoms with Crippen LogP contribution in [0.3, 0.4) is 0 Å². The van der Waals surface area contributed by atoms with Crippen LogP contribution in [0.5, 0.6) is 0 Å². The predicted molar refractivity (Wildman–Crippen MR) is 23.2 cm³/mol. The lowest BCUT2D eigenvalue weighted by molar-refractivity contribution is -0.109. The van der Waals surface area contributed by atoms with Crippen LogP contribution < -0.4 is 5.50 Å². The van der Waals surface area contributed by atoms with Gasteiger partial charge in [-0.15, -0.1) is 0 Å². The zero-order valence-electron chi connectivity index (χ0n) is 2.99. The van der Waals surface area contributed by atoms with Crippen LogP contribution in [-0.2, 0) is 4.79 Å². The van der Waals surface area contributed by atoms with E-state index in [2.05, 4.69) is 0 Å². The Balaban J connectivity index is 2.85. The van der Waals surface area contributed by atoms with Gasteiger partial charge in [0.05, 0.1) is 0 Å². The minimum absolute atomic E-state index is 0.0247. The molecule has 2 N–H and O–H groups in total. The van der Waals surface area contributed by atoms with Crippen LogP contribution in [0.1, 0.15) is 6.92 Å². The van der Waals surface area contributed by atoms with Gasteiger partial charge in [0.15, 0.2) is 5.52 Å². The zero-order chi connectivity index (χ0) is 4.28. The van der Waals surface area contributed by atoms with Crippen LogP contribution in [0.15, 0.2) is 0 Å². The summed E-state index contributed by atoms with van der Waals surface area (Å²) in [5, 5.41) is 0. The second-order valence-corrected chi connectivity index (χ2v) is 1.69.